The van der Waals surface area contributed by atoms with Gasteiger partial charge in [-0.15, -0.1) is 0 Å². The minimum atomic E-state index is 0.880. The van der Waals surface area contributed by atoms with Crippen LogP contribution >= 0.6 is 0 Å². The molecular weight excluding hydrogens is 244 g/mol. The molecule has 0 saturated carbocycles. The molecule has 0 bridgehead atoms. The van der Waals surface area contributed by atoms with Crippen LogP contribution in [0.25, 0.3) is 0 Å². The summed E-state index contributed by atoms with van der Waals surface area (Å²) >= 11 is 2.68. The van der Waals surface area contributed by atoms with E-state index in [4.69, 9.17) is 23.3 Å². The van der Waals surface area contributed by atoms with Gasteiger partial charge in [0.2, 0.25) is 0 Å². The molecule has 0 aromatic carbocycles. The van der Waals surface area contributed by atoms with Crippen molar-refractivity contribution in [3.63, 3.8) is 0 Å². The molecule has 0 fully saturated rings. The monoisotopic (exact) mass is 250 g/mol. The predicted octanol–water partition coefficient (Wildman–Crippen LogP) is 0.142. The normalized spacial score (nSPS) is 3.20. The second-order valence-electron chi connectivity index (χ2n) is 0.696. The van der Waals surface area contributed by atoms with Crippen molar-refractivity contribution >= 4 is 4.57 Å². The van der Waals surface area contributed by atoms with Crippen molar-refractivity contribution < 1.29 is 43.8 Å². The fourth-order valence-electron chi connectivity index (χ4n) is 0. The molecule has 0 radical (unpaired) electrons. The Bertz CT molecular complexity index is 153. The molecule has 0 rings (SSSR count). The molecule has 0 aliphatic rings. The number of hydrogen-bond acceptors (Lipinski definition) is 1. The summed E-state index contributed by atoms with van der Waals surface area (Å²) in [5, 5.41) is 0. The van der Waals surface area contributed by atoms with Crippen LogP contribution in [0.15, 0.2) is 0 Å². The quantitative estimate of drug-likeness (QED) is 0.478. The van der Waals surface area contributed by atoms with Crippen LogP contribution in [0.1, 0.15) is 6.92 Å². The molecule has 7 heteroatoms. The van der Waals surface area contributed by atoms with Crippen LogP contribution in [-0.4, -0.2) is 11.7 Å². The fraction of sp³-hybridized carbons (Fsp3) is 0.250. The molecule has 0 aliphatic carbocycles. The zero-order valence-electron chi connectivity index (χ0n) is 7.86. The maximum atomic E-state index is 7.50. The maximum absolute atomic E-state index is 7.50. The van der Waals surface area contributed by atoms with Crippen LogP contribution in [0.2, 0.25) is 0 Å². The Morgan fingerprint density at radius 1 is 0.800 bits per heavy atom. The molecule has 0 aliphatic heterocycles. The molecule has 0 amide bonds. The van der Waals surface area contributed by atoms with Gasteiger partial charge in [-0.1, -0.05) is 0 Å². The van der Waals surface area contributed by atoms with Gasteiger partial charge in [0, 0.05) is 0 Å². The van der Waals surface area contributed by atoms with Gasteiger partial charge in [0.1, 0.15) is 0 Å². The summed E-state index contributed by atoms with van der Waals surface area (Å²) in [7, 11) is 1.63. The van der Waals surface area contributed by atoms with Crippen molar-refractivity contribution in [2.45, 2.75) is 6.92 Å². The van der Waals surface area contributed by atoms with Crippen LogP contribution in [0.5, 0.6) is 0 Å². The Morgan fingerprint density at radius 3 is 0.867 bits per heavy atom. The first-order chi connectivity index (χ1) is 7.27. The zero-order valence-corrected chi connectivity index (χ0v) is 9.13. The Hall–Kier alpha value is -0.938. The van der Waals surface area contributed by atoms with Gasteiger partial charge in [-0.25, -0.2) is 0 Å². The Morgan fingerprint density at radius 2 is 0.867 bits per heavy atom. The van der Waals surface area contributed by atoms with E-state index in [1.54, 1.807) is 7.11 Å². The summed E-state index contributed by atoms with van der Waals surface area (Å²) in [6.07, 6.45) is 0. The average molecular weight is 250 g/mol. The van der Waals surface area contributed by atoms with Gasteiger partial charge in [0.25, 0.3) is 0 Å². The van der Waals surface area contributed by atoms with E-state index >= 15 is 0 Å². The molecule has 80 valence electrons. The van der Waals surface area contributed by atoms with E-state index in [9.17, 15) is 0 Å². The van der Waals surface area contributed by atoms with Gasteiger partial charge in [0.15, 0.2) is 0 Å². The molecular formula is C8H6CrO6. The van der Waals surface area contributed by atoms with Gasteiger partial charge in [-0.2, -0.15) is 0 Å². The molecule has 6 nitrogen and oxygen atoms in total. The van der Waals surface area contributed by atoms with Crippen molar-refractivity contribution in [3.05, 3.63) is 33.3 Å². The Balaban J connectivity index is -0.0000000177. The van der Waals surface area contributed by atoms with Crippen LogP contribution < -0.4 is 0 Å². The molecule has 0 N–H and O–H groups in total. The number of ether oxygens (including phenoxy) is 1. The van der Waals surface area contributed by atoms with E-state index in [2.05, 4.69) is 53.8 Å². The molecule has 0 aromatic heterocycles. The number of methoxy groups -OCH3 is 1. The van der Waals surface area contributed by atoms with E-state index in [1.807, 2.05) is 6.92 Å². The summed E-state index contributed by atoms with van der Waals surface area (Å²) in [6, 6.07) is 0. The van der Waals surface area contributed by atoms with Crippen LogP contribution in [-0.2, 0) is 43.8 Å². The van der Waals surface area contributed by atoms with E-state index in [-0.39, 0.29) is 0 Å². The minimum absolute atomic E-state index is 0.880. The van der Waals surface area contributed by atoms with Crippen molar-refractivity contribution in [1.29, 1.82) is 0 Å². The summed E-state index contributed by atoms with van der Waals surface area (Å²) in [5.41, 5.74) is 0. The third kappa shape index (κ3) is 1420. The van der Waals surface area contributed by atoms with Gasteiger partial charge in [0.05, 0.1) is 0 Å². The Kier molecular flexibility index (Phi) is 499. The first-order valence-corrected chi connectivity index (χ1v) is 2.97. The van der Waals surface area contributed by atoms with Gasteiger partial charge >= 0.3 is 95.7 Å². The van der Waals surface area contributed by atoms with Gasteiger partial charge in [-0.3, -0.25) is 0 Å². The summed E-state index contributed by atoms with van der Waals surface area (Å²) in [5.74, 6) is 0. The van der Waals surface area contributed by atoms with Crippen molar-refractivity contribution in [3.8, 4) is 0 Å². The third-order valence-electron chi connectivity index (χ3n) is 0.287. The molecule has 0 spiro atoms. The van der Waals surface area contributed by atoms with E-state index in [1.165, 1.54) is 0 Å². The average Bonchev–Trinajstić information content (AvgIpc) is 2.41. The summed E-state index contributed by atoms with van der Waals surface area (Å²) in [4.78, 5) is 0. The standard InChI is InChI=1S/C3H6O.5CO.Cr/c1-3-4-2;5*1-2;/h1-2H3;;;;;;. The van der Waals surface area contributed by atoms with Crippen molar-refractivity contribution in [2.24, 2.45) is 0 Å². The summed E-state index contributed by atoms with van der Waals surface area (Å²) in [6.45, 7) is 24.4. The second-order valence-corrected chi connectivity index (χ2v) is 1.59. The molecule has 15 heavy (non-hydrogen) atoms. The molecule has 0 aromatic rings. The molecule has 0 saturated heterocycles. The zero-order chi connectivity index (χ0) is 14.3. The molecule has 0 unspecified atom stereocenters. The van der Waals surface area contributed by atoms with E-state index in [0.717, 1.165) is 4.57 Å². The predicted molar refractivity (Wildman–Crippen MR) is 37.3 cm³/mol. The van der Waals surface area contributed by atoms with Crippen LogP contribution in [0.3, 0.4) is 0 Å². The number of rotatable bonds is 1. The van der Waals surface area contributed by atoms with E-state index < -0.39 is 0 Å². The van der Waals surface area contributed by atoms with Gasteiger partial charge < -0.3 is 0 Å². The topological polar surface area (TPSA) is 109 Å². The molecule has 0 heterocycles. The fourth-order valence-corrected chi connectivity index (χ4v) is 0. The van der Waals surface area contributed by atoms with Crippen molar-refractivity contribution in [1.82, 2.24) is 0 Å². The van der Waals surface area contributed by atoms with Gasteiger partial charge in [-0.05, 0) is 0 Å². The van der Waals surface area contributed by atoms with E-state index in [0.29, 0.717) is 0 Å². The first-order valence-electron chi connectivity index (χ1n) is 2.34. The van der Waals surface area contributed by atoms with Crippen LogP contribution in [0, 0.1) is 33.3 Å². The van der Waals surface area contributed by atoms with Crippen LogP contribution in [0.4, 0.5) is 0 Å². The number of hydrogen-bond donors (Lipinski definition) is 0. The Labute approximate surface area is 96.2 Å². The molecule has 0 atom stereocenters. The summed E-state index contributed by atoms with van der Waals surface area (Å²) < 4.78 is 43.0. The first kappa shape index (κ1) is 36.9. The SMILES string of the molecule is CO[C](C)=[Cr].[C-]#[O+].[C-]#[O+].[C-]#[O+].[C-]#[O+].[C-]#[O+]. The third-order valence-corrected chi connectivity index (χ3v) is 0.548. The second kappa shape index (κ2) is 203. The van der Waals surface area contributed by atoms with Crippen molar-refractivity contribution in [2.75, 3.05) is 7.11 Å².